The summed E-state index contributed by atoms with van der Waals surface area (Å²) in [6.07, 6.45) is 0.551. The zero-order valence-electron chi connectivity index (χ0n) is 26.2. The minimum absolute atomic E-state index is 0.0950. The van der Waals surface area contributed by atoms with E-state index in [9.17, 15) is 14.4 Å². The van der Waals surface area contributed by atoms with Crippen molar-refractivity contribution < 1.29 is 28.6 Å². The fourth-order valence-corrected chi connectivity index (χ4v) is 3.88. The summed E-state index contributed by atoms with van der Waals surface area (Å²) in [5.41, 5.74) is -0.151. The second-order valence-electron chi connectivity index (χ2n) is 12.8. The number of amides is 3. The second kappa shape index (κ2) is 12.7. The number of rotatable bonds is 5. The Morgan fingerprint density at radius 3 is 1.81 bits per heavy atom. The van der Waals surface area contributed by atoms with Crippen molar-refractivity contribution in [3.8, 4) is 22.8 Å². The first-order valence-electron chi connectivity index (χ1n) is 13.6. The Morgan fingerprint density at radius 1 is 0.791 bits per heavy atom. The van der Waals surface area contributed by atoms with Crippen LogP contribution in [0.1, 0.15) is 67.9 Å². The Kier molecular flexibility index (Phi) is 9.90. The SMILES string of the molecule is CN(Cc1ccc(-c2ncc(-c3nc(Br)cnc3N(C(=O)OC(C)(C)C)C(=O)OC(C)(C)C)[nH]2)cc1)C(=O)OC(C)(C)C. The summed E-state index contributed by atoms with van der Waals surface area (Å²) in [7, 11) is 1.68. The van der Waals surface area contributed by atoms with Crippen LogP contribution in [0.3, 0.4) is 0 Å². The number of halogens is 1. The van der Waals surface area contributed by atoms with Crippen molar-refractivity contribution in [1.29, 1.82) is 0 Å². The molecule has 0 aliphatic heterocycles. The van der Waals surface area contributed by atoms with Crippen molar-refractivity contribution in [1.82, 2.24) is 24.8 Å². The summed E-state index contributed by atoms with van der Waals surface area (Å²) in [4.78, 5) is 57.6. The highest BCUT2D eigenvalue weighted by atomic mass is 79.9. The zero-order valence-corrected chi connectivity index (χ0v) is 27.8. The predicted octanol–water partition coefficient (Wildman–Crippen LogP) is 7.34. The van der Waals surface area contributed by atoms with Gasteiger partial charge in [0.2, 0.25) is 0 Å². The van der Waals surface area contributed by atoms with E-state index in [-0.39, 0.29) is 11.5 Å². The average Bonchev–Trinajstić information content (AvgIpc) is 3.32. The van der Waals surface area contributed by atoms with E-state index in [2.05, 4.69) is 35.9 Å². The van der Waals surface area contributed by atoms with Crippen LogP contribution in [0.25, 0.3) is 22.8 Å². The predicted molar refractivity (Wildman–Crippen MR) is 165 cm³/mol. The molecule has 0 fully saturated rings. The van der Waals surface area contributed by atoms with Gasteiger partial charge in [0.05, 0.1) is 18.1 Å². The fraction of sp³-hybridized carbons (Fsp3) is 0.467. The maximum absolute atomic E-state index is 13.3. The molecule has 0 spiro atoms. The molecular formula is C30H39BrN6O6. The number of hydrogen-bond acceptors (Lipinski definition) is 9. The van der Waals surface area contributed by atoms with Gasteiger partial charge in [-0.15, -0.1) is 0 Å². The molecule has 3 amide bonds. The quantitative estimate of drug-likeness (QED) is 0.279. The lowest BCUT2D eigenvalue weighted by atomic mass is 10.1. The molecule has 0 unspecified atom stereocenters. The summed E-state index contributed by atoms with van der Waals surface area (Å²) >= 11 is 3.32. The molecule has 0 aliphatic rings. The molecule has 1 aromatic carbocycles. The molecule has 2 aromatic heterocycles. The van der Waals surface area contributed by atoms with E-state index in [0.29, 0.717) is 22.7 Å². The van der Waals surface area contributed by atoms with E-state index < -0.39 is 35.1 Å². The van der Waals surface area contributed by atoms with Gasteiger partial charge in [-0.3, -0.25) is 0 Å². The summed E-state index contributed by atoms with van der Waals surface area (Å²) in [5.74, 6) is 0.415. The van der Waals surface area contributed by atoms with Gasteiger partial charge in [0.15, 0.2) is 5.82 Å². The van der Waals surface area contributed by atoms with Gasteiger partial charge in [-0.05, 0) is 83.8 Å². The zero-order chi connectivity index (χ0) is 32.3. The number of imide groups is 1. The highest BCUT2D eigenvalue weighted by Gasteiger charge is 2.36. The maximum Gasteiger partial charge on any atom is 0.425 e. The Labute approximate surface area is 260 Å². The summed E-state index contributed by atoms with van der Waals surface area (Å²) < 4.78 is 16.8. The third-order valence-corrected chi connectivity index (χ3v) is 5.65. The first kappa shape index (κ1) is 33.5. The van der Waals surface area contributed by atoms with E-state index in [4.69, 9.17) is 14.2 Å². The molecule has 0 atom stereocenters. The molecule has 0 aliphatic carbocycles. The summed E-state index contributed by atoms with van der Waals surface area (Å²) in [6, 6.07) is 7.50. The molecule has 0 radical (unpaired) electrons. The Balaban J connectivity index is 1.93. The standard InChI is InChI=1S/C30H39BrN6O6/c1-28(2,3)41-25(38)36(10)17-18-11-13-19(14-12-18)23-32-15-20(34-23)22-24(33-16-21(31)35-22)37(26(39)42-29(4,5)6)27(40)43-30(7,8)9/h11-16H,17H2,1-10H3,(H,32,34). The lowest BCUT2D eigenvalue weighted by molar-refractivity contribution is 0.0283. The molecule has 1 N–H and O–H groups in total. The van der Waals surface area contributed by atoms with Crippen LogP contribution in [-0.2, 0) is 20.8 Å². The molecule has 12 nitrogen and oxygen atoms in total. The van der Waals surface area contributed by atoms with Crippen LogP contribution in [0.15, 0.2) is 41.3 Å². The lowest BCUT2D eigenvalue weighted by Crippen LogP contribution is -2.44. The molecule has 2 heterocycles. The van der Waals surface area contributed by atoms with Crippen LogP contribution in [0.4, 0.5) is 20.2 Å². The Morgan fingerprint density at radius 2 is 1.30 bits per heavy atom. The number of anilines is 1. The van der Waals surface area contributed by atoms with Crippen molar-refractivity contribution in [2.75, 3.05) is 11.9 Å². The number of benzene rings is 1. The summed E-state index contributed by atoms with van der Waals surface area (Å²) in [5, 5.41) is 0. The summed E-state index contributed by atoms with van der Waals surface area (Å²) in [6.45, 7) is 16.0. The third-order valence-electron chi connectivity index (χ3n) is 5.27. The van der Waals surface area contributed by atoms with Crippen LogP contribution in [0, 0.1) is 0 Å². The number of carbonyl (C=O) groups is 3. The number of ether oxygens (including phenoxy) is 3. The number of hydrogen-bond donors (Lipinski definition) is 1. The van der Waals surface area contributed by atoms with Gasteiger partial charge in [-0.25, -0.2) is 29.3 Å². The van der Waals surface area contributed by atoms with Crippen molar-refractivity contribution in [3.05, 3.63) is 46.8 Å². The van der Waals surface area contributed by atoms with Gasteiger partial charge in [-0.2, -0.15) is 4.90 Å². The molecule has 13 heteroatoms. The van der Waals surface area contributed by atoms with E-state index in [0.717, 1.165) is 16.0 Å². The van der Waals surface area contributed by atoms with Gasteiger partial charge >= 0.3 is 18.3 Å². The third kappa shape index (κ3) is 9.77. The molecule has 0 saturated heterocycles. The van der Waals surface area contributed by atoms with Crippen molar-refractivity contribution in [2.45, 2.75) is 85.7 Å². The minimum Gasteiger partial charge on any atom is -0.444 e. The number of imidazole rings is 1. The molecular weight excluding hydrogens is 620 g/mol. The first-order chi connectivity index (χ1) is 19.7. The average molecular weight is 660 g/mol. The van der Waals surface area contributed by atoms with E-state index in [1.165, 1.54) is 17.3 Å². The van der Waals surface area contributed by atoms with Crippen LogP contribution in [0.5, 0.6) is 0 Å². The van der Waals surface area contributed by atoms with Gasteiger partial charge in [-0.1, -0.05) is 24.3 Å². The van der Waals surface area contributed by atoms with Crippen molar-refractivity contribution in [3.63, 3.8) is 0 Å². The topological polar surface area (TPSA) is 140 Å². The highest BCUT2D eigenvalue weighted by molar-refractivity contribution is 9.10. The molecule has 3 rings (SSSR count). The first-order valence-corrected chi connectivity index (χ1v) is 14.4. The minimum atomic E-state index is -0.966. The normalized spacial score (nSPS) is 12.0. The molecule has 0 saturated carbocycles. The highest BCUT2D eigenvalue weighted by Crippen LogP contribution is 2.31. The fourth-order valence-electron chi connectivity index (χ4n) is 3.60. The van der Waals surface area contributed by atoms with E-state index in [1.54, 1.807) is 48.6 Å². The van der Waals surface area contributed by atoms with Gasteiger partial charge in [0.25, 0.3) is 0 Å². The van der Waals surface area contributed by atoms with Crippen LogP contribution < -0.4 is 4.90 Å². The van der Waals surface area contributed by atoms with Crippen LogP contribution >= 0.6 is 15.9 Å². The largest absolute Gasteiger partial charge is 0.444 e. The number of aromatic amines is 1. The Bertz CT molecular complexity index is 1440. The van der Waals surface area contributed by atoms with Crippen LogP contribution in [0.2, 0.25) is 0 Å². The van der Waals surface area contributed by atoms with E-state index in [1.807, 2.05) is 45.0 Å². The smallest absolute Gasteiger partial charge is 0.425 e. The van der Waals surface area contributed by atoms with E-state index >= 15 is 0 Å². The number of aromatic nitrogens is 4. The second-order valence-corrected chi connectivity index (χ2v) is 13.7. The lowest BCUT2D eigenvalue weighted by Gasteiger charge is -2.28. The molecule has 232 valence electrons. The van der Waals surface area contributed by atoms with Crippen molar-refractivity contribution >= 4 is 40.0 Å². The number of H-pyrrole nitrogens is 1. The molecule has 3 aromatic rings. The number of nitrogens with one attached hydrogen (secondary N) is 1. The monoisotopic (exact) mass is 658 g/mol. The van der Waals surface area contributed by atoms with Gasteiger partial charge < -0.3 is 24.1 Å². The molecule has 0 bridgehead atoms. The number of nitrogens with zero attached hydrogens (tertiary/aromatic N) is 5. The Hall–Kier alpha value is -4.00. The van der Waals surface area contributed by atoms with Crippen LogP contribution in [-0.4, -0.2) is 67.0 Å². The number of carbonyl (C=O) groups excluding carboxylic acids is 3. The maximum atomic E-state index is 13.3. The molecule has 43 heavy (non-hydrogen) atoms. The van der Waals surface area contributed by atoms with Gasteiger partial charge in [0.1, 0.15) is 32.9 Å². The van der Waals surface area contributed by atoms with Gasteiger partial charge in [0, 0.05) is 19.2 Å². The van der Waals surface area contributed by atoms with Crippen molar-refractivity contribution in [2.24, 2.45) is 0 Å².